The molecule has 3 aromatic heterocycles. The molecular weight excluding hydrogens is 454 g/mol. The zero-order valence-electron chi connectivity index (χ0n) is 18.3. The van der Waals surface area contributed by atoms with E-state index in [-0.39, 0.29) is 23.2 Å². The van der Waals surface area contributed by atoms with Crippen molar-refractivity contribution in [1.29, 1.82) is 0 Å². The first-order valence-electron chi connectivity index (χ1n) is 11.6. The van der Waals surface area contributed by atoms with E-state index < -0.39 is 0 Å². The van der Waals surface area contributed by atoms with Gasteiger partial charge < -0.3 is 9.72 Å². The molecule has 1 aliphatic carbocycles. The van der Waals surface area contributed by atoms with Crippen molar-refractivity contribution in [2.75, 3.05) is 12.4 Å². The Morgan fingerprint density at radius 1 is 1.24 bits per heavy atom. The molecule has 0 bridgehead atoms. The predicted molar refractivity (Wildman–Crippen MR) is 133 cm³/mol. The monoisotopic (exact) mass is 479 g/mol. The van der Waals surface area contributed by atoms with Crippen LogP contribution in [0.5, 0.6) is 0 Å². The van der Waals surface area contributed by atoms with E-state index in [0.717, 1.165) is 59.8 Å². The number of fused-ring (bicyclic) bond motifs is 4. The van der Waals surface area contributed by atoms with Crippen LogP contribution in [0, 0.1) is 0 Å². The largest absolute Gasteiger partial charge is 0.376 e. The number of Topliss-reactive ketones (excluding diaryl/α,β-unsaturated/α-hetero) is 1. The molecule has 2 aliphatic rings. The molecule has 1 N–H and O–H groups in total. The van der Waals surface area contributed by atoms with Gasteiger partial charge in [0.25, 0.3) is 5.56 Å². The van der Waals surface area contributed by atoms with Gasteiger partial charge in [0, 0.05) is 34.1 Å². The molecule has 170 valence electrons. The maximum Gasteiger partial charge on any atom is 0.263 e. The fourth-order valence-corrected chi connectivity index (χ4v) is 7.19. The van der Waals surface area contributed by atoms with Gasteiger partial charge in [-0.05, 0) is 50.2 Å². The van der Waals surface area contributed by atoms with E-state index >= 15 is 0 Å². The van der Waals surface area contributed by atoms with E-state index in [1.54, 1.807) is 22.1 Å². The summed E-state index contributed by atoms with van der Waals surface area (Å²) < 4.78 is 7.61. The van der Waals surface area contributed by atoms with E-state index in [1.807, 2.05) is 24.3 Å². The maximum atomic E-state index is 13.7. The minimum Gasteiger partial charge on any atom is -0.376 e. The molecule has 0 spiro atoms. The van der Waals surface area contributed by atoms with Crippen LogP contribution >= 0.6 is 23.1 Å². The molecule has 8 heteroatoms. The third kappa shape index (κ3) is 3.84. The molecule has 6 nitrogen and oxygen atoms in total. The third-order valence-corrected chi connectivity index (χ3v) is 8.83. The number of carbonyl (C=O) groups is 1. The van der Waals surface area contributed by atoms with Crippen LogP contribution in [0.1, 0.15) is 46.5 Å². The number of rotatable bonds is 6. The van der Waals surface area contributed by atoms with Crippen LogP contribution in [-0.4, -0.2) is 38.8 Å². The fourth-order valence-electron chi connectivity index (χ4n) is 4.99. The van der Waals surface area contributed by atoms with Crippen LogP contribution < -0.4 is 5.56 Å². The molecular formula is C25H25N3O3S2. The Labute approximate surface area is 199 Å². The highest BCUT2D eigenvalue weighted by molar-refractivity contribution is 7.99. The Kier molecular flexibility index (Phi) is 5.60. The minimum absolute atomic E-state index is 0.0249. The van der Waals surface area contributed by atoms with Gasteiger partial charge in [0.15, 0.2) is 10.9 Å². The highest BCUT2D eigenvalue weighted by Gasteiger charge is 2.25. The Morgan fingerprint density at radius 2 is 2.12 bits per heavy atom. The molecule has 0 amide bonds. The summed E-state index contributed by atoms with van der Waals surface area (Å²) in [7, 11) is 0. The minimum atomic E-state index is 0.0249. The second-order valence-corrected chi connectivity index (χ2v) is 10.8. The molecule has 1 saturated heterocycles. The number of thioether (sulfide) groups is 1. The van der Waals surface area contributed by atoms with Crippen molar-refractivity contribution < 1.29 is 9.53 Å². The predicted octanol–water partition coefficient (Wildman–Crippen LogP) is 4.97. The van der Waals surface area contributed by atoms with Gasteiger partial charge in [0.1, 0.15) is 4.83 Å². The van der Waals surface area contributed by atoms with Gasteiger partial charge in [-0.15, -0.1) is 11.3 Å². The summed E-state index contributed by atoms with van der Waals surface area (Å²) in [6, 6.07) is 7.81. The van der Waals surface area contributed by atoms with E-state index in [0.29, 0.717) is 17.3 Å². The number of aromatic nitrogens is 3. The normalized spacial score (nSPS) is 18.2. The second kappa shape index (κ2) is 8.74. The molecule has 4 heterocycles. The lowest BCUT2D eigenvalue weighted by atomic mass is 9.97. The number of hydrogen-bond acceptors (Lipinski definition) is 6. The van der Waals surface area contributed by atoms with Crippen molar-refractivity contribution in [2.24, 2.45) is 0 Å². The van der Waals surface area contributed by atoms with Crippen molar-refractivity contribution in [3.05, 3.63) is 56.8 Å². The second-order valence-electron chi connectivity index (χ2n) is 8.80. The van der Waals surface area contributed by atoms with Crippen molar-refractivity contribution >= 4 is 50.0 Å². The number of H-pyrrole nitrogens is 1. The molecule has 33 heavy (non-hydrogen) atoms. The first kappa shape index (κ1) is 21.1. The first-order chi connectivity index (χ1) is 16.2. The standard InChI is InChI=1S/C25H25N3O3S2/c29-20(18-12-26-19-9-3-1-7-16(18)19)14-32-25-27-23-22(17-8-2-4-10-21(17)33-23)24(30)28(25)13-15-6-5-11-31-15/h1,3,7,9,12,15,26H,2,4-6,8,10-11,13-14H2. The number of ether oxygens (including phenoxy) is 1. The molecule has 6 rings (SSSR count). The van der Waals surface area contributed by atoms with Crippen LogP contribution in [0.3, 0.4) is 0 Å². The number of para-hydroxylation sites is 1. The van der Waals surface area contributed by atoms with Crippen LogP contribution in [0.4, 0.5) is 0 Å². The SMILES string of the molecule is O=C(CSc1nc2sc3c(c2c(=O)n1CC1CCCO1)CCCC3)c1c[nH]c2ccccc12. The molecule has 1 aromatic carbocycles. The Morgan fingerprint density at radius 3 is 3.00 bits per heavy atom. The maximum absolute atomic E-state index is 13.7. The van der Waals surface area contributed by atoms with Crippen molar-refractivity contribution in [1.82, 2.24) is 14.5 Å². The van der Waals surface area contributed by atoms with Gasteiger partial charge in [-0.25, -0.2) is 4.98 Å². The molecule has 1 fully saturated rings. The fraction of sp³-hybridized carbons (Fsp3) is 0.400. The van der Waals surface area contributed by atoms with Gasteiger partial charge in [0.2, 0.25) is 0 Å². The summed E-state index contributed by atoms with van der Waals surface area (Å²) >= 11 is 3.01. The van der Waals surface area contributed by atoms with Gasteiger partial charge in [-0.2, -0.15) is 0 Å². The number of nitrogens with zero attached hydrogens (tertiary/aromatic N) is 2. The van der Waals surface area contributed by atoms with Gasteiger partial charge in [-0.3, -0.25) is 14.2 Å². The lowest BCUT2D eigenvalue weighted by molar-refractivity contribution is 0.0937. The van der Waals surface area contributed by atoms with Crippen molar-refractivity contribution in [2.45, 2.75) is 56.3 Å². The van der Waals surface area contributed by atoms with E-state index in [1.165, 1.54) is 28.6 Å². The summed E-state index contributed by atoms with van der Waals surface area (Å²) in [4.78, 5) is 37.0. The number of benzene rings is 1. The average Bonchev–Trinajstić information content (AvgIpc) is 3.57. The lowest BCUT2D eigenvalue weighted by Crippen LogP contribution is -2.29. The lowest BCUT2D eigenvalue weighted by Gasteiger charge is -2.16. The number of hydrogen-bond donors (Lipinski definition) is 1. The average molecular weight is 480 g/mol. The van der Waals surface area contributed by atoms with Crippen LogP contribution in [0.2, 0.25) is 0 Å². The molecule has 0 saturated carbocycles. The summed E-state index contributed by atoms with van der Waals surface area (Å²) in [5, 5.41) is 2.34. The van der Waals surface area contributed by atoms with E-state index in [9.17, 15) is 9.59 Å². The van der Waals surface area contributed by atoms with Crippen molar-refractivity contribution in [3.8, 4) is 0 Å². The number of nitrogens with one attached hydrogen (secondary N) is 1. The van der Waals surface area contributed by atoms with Crippen LogP contribution in [-0.2, 0) is 24.1 Å². The summed E-state index contributed by atoms with van der Waals surface area (Å²) in [6.45, 7) is 1.24. The Hall–Kier alpha value is -2.42. The molecule has 1 aliphatic heterocycles. The van der Waals surface area contributed by atoms with Gasteiger partial charge in [0.05, 0.1) is 23.8 Å². The van der Waals surface area contributed by atoms with E-state index in [4.69, 9.17) is 9.72 Å². The first-order valence-corrected chi connectivity index (χ1v) is 13.4. The third-order valence-electron chi connectivity index (χ3n) is 6.67. The quantitative estimate of drug-likeness (QED) is 0.240. The number of aryl methyl sites for hydroxylation is 2. The smallest absolute Gasteiger partial charge is 0.263 e. The van der Waals surface area contributed by atoms with Gasteiger partial charge in [-0.1, -0.05) is 30.0 Å². The van der Waals surface area contributed by atoms with Crippen molar-refractivity contribution in [3.63, 3.8) is 0 Å². The summed E-state index contributed by atoms with van der Waals surface area (Å²) in [6.07, 6.45) is 8.05. The Bertz CT molecular complexity index is 1410. The highest BCUT2D eigenvalue weighted by atomic mass is 32.2. The Balaban J connectivity index is 1.36. The molecule has 1 atom stereocenters. The van der Waals surface area contributed by atoms with Gasteiger partial charge >= 0.3 is 0 Å². The number of aromatic amines is 1. The zero-order valence-corrected chi connectivity index (χ0v) is 19.9. The summed E-state index contributed by atoms with van der Waals surface area (Å²) in [5.41, 5.74) is 2.85. The topological polar surface area (TPSA) is 77.0 Å². The molecule has 4 aromatic rings. The number of ketones is 1. The number of thiophene rings is 1. The molecule has 0 radical (unpaired) electrons. The summed E-state index contributed by atoms with van der Waals surface area (Å²) in [5.74, 6) is 0.261. The van der Waals surface area contributed by atoms with Crippen LogP contribution in [0.25, 0.3) is 21.1 Å². The molecule has 1 unspecified atom stereocenters. The number of carbonyl (C=O) groups excluding carboxylic acids is 1. The van der Waals surface area contributed by atoms with Crippen LogP contribution in [0.15, 0.2) is 40.4 Å². The van der Waals surface area contributed by atoms with E-state index in [2.05, 4.69) is 4.98 Å². The highest BCUT2D eigenvalue weighted by Crippen LogP contribution is 2.35. The zero-order chi connectivity index (χ0) is 22.4.